The first-order valence-corrected chi connectivity index (χ1v) is 12.5. The first-order valence-electron chi connectivity index (χ1n) is 12.5. The summed E-state index contributed by atoms with van der Waals surface area (Å²) in [7, 11) is 3.68. The van der Waals surface area contributed by atoms with E-state index in [1.54, 1.807) is 7.11 Å². The van der Waals surface area contributed by atoms with Crippen LogP contribution in [0.5, 0.6) is 5.75 Å². The van der Waals surface area contributed by atoms with Gasteiger partial charge in [-0.05, 0) is 37.0 Å². The van der Waals surface area contributed by atoms with Crippen molar-refractivity contribution in [3.63, 3.8) is 0 Å². The maximum absolute atomic E-state index is 13.4. The van der Waals surface area contributed by atoms with E-state index in [-0.39, 0.29) is 11.8 Å². The largest absolute Gasteiger partial charge is 0.497 e. The van der Waals surface area contributed by atoms with Crippen molar-refractivity contribution >= 4 is 17.3 Å². The Morgan fingerprint density at radius 2 is 2.00 bits per heavy atom. The van der Waals surface area contributed by atoms with Crippen LogP contribution < -0.4 is 15.0 Å². The lowest BCUT2D eigenvalue weighted by Gasteiger charge is -2.26. The summed E-state index contributed by atoms with van der Waals surface area (Å²) in [4.78, 5) is 20.6. The number of hydrogen-bond acceptors (Lipinski definition) is 5. The first kappa shape index (κ1) is 24.3. The lowest BCUT2D eigenvalue weighted by molar-refractivity contribution is -0.129. The number of carbonyl (C=O) groups excluding carboxylic acids is 1. The van der Waals surface area contributed by atoms with Crippen LogP contribution in [-0.4, -0.2) is 49.7 Å². The smallest absolute Gasteiger partial charge is 0.227 e. The van der Waals surface area contributed by atoms with Gasteiger partial charge >= 0.3 is 0 Å². The van der Waals surface area contributed by atoms with E-state index in [0.29, 0.717) is 18.9 Å². The van der Waals surface area contributed by atoms with Crippen LogP contribution in [0, 0.1) is 11.8 Å². The number of benzodiazepines with no additional fused rings is 1. The maximum Gasteiger partial charge on any atom is 0.227 e. The van der Waals surface area contributed by atoms with E-state index >= 15 is 0 Å². The second-order valence-corrected chi connectivity index (χ2v) is 9.63. The van der Waals surface area contributed by atoms with E-state index in [9.17, 15) is 9.90 Å². The Labute approximate surface area is 203 Å². The molecule has 2 aromatic carbocycles. The van der Waals surface area contributed by atoms with E-state index < -0.39 is 12.3 Å². The molecular formula is C28H37N3O3. The highest BCUT2D eigenvalue weighted by molar-refractivity contribution is 6.16. The number of aliphatic hydroxyl groups is 1. The van der Waals surface area contributed by atoms with Crippen LogP contribution in [-0.2, 0) is 4.79 Å². The molecule has 182 valence electrons. The minimum Gasteiger partial charge on any atom is -0.497 e. The van der Waals surface area contributed by atoms with Crippen LogP contribution in [0.4, 0.5) is 5.69 Å². The highest BCUT2D eigenvalue weighted by Crippen LogP contribution is 2.37. The summed E-state index contributed by atoms with van der Waals surface area (Å²) in [6, 6.07) is 16.1. The molecule has 0 saturated heterocycles. The minimum atomic E-state index is -0.608. The number of nitrogens with zero attached hydrogens (tertiary/aromatic N) is 2. The lowest BCUT2D eigenvalue weighted by atomic mass is 9.91. The predicted molar refractivity (Wildman–Crippen MR) is 137 cm³/mol. The molecule has 1 saturated carbocycles. The number of amides is 1. The summed E-state index contributed by atoms with van der Waals surface area (Å²) in [6.07, 6.45) is 4.63. The highest BCUT2D eigenvalue weighted by atomic mass is 16.5. The standard InChI is InChI=1S/C28H37N3O3/c1-4-5-11-25(32)23(16-19-12-13-19)28(33)30-26-18-31(2)24-15-14-21(34-3)17-22(24)27(29-26)20-9-7-6-8-10-20/h6-10,14-15,17,19,23,25-26,32H,4-5,11-13,16,18H2,1-3H3,(H,30,33). The van der Waals surface area contributed by atoms with Crippen molar-refractivity contribution in [2.75, 3.05) is 25.6 Å². The van der Waals surface area contributed by atoms with Crippen molar-refractivity contribution in [1.82, 2.24) is 5.32 Å². The van der Waals surface area contributed by atoms with Crippen molar-refractivity contribution in [2.24, 2.45) is 16.8 Å². The number of aliphatic hydroxyl groups excluding tert-OH is 1. The van der Waals surface area contributed by atoms with Gasteiger partial charge in [-0.2, -0.15) is 0 Å². The molecule has 1 heterocycles. The van der Waals surface area contributed by atoms with E-state index in [1.807, 2.05) is 55.6 Å². The molecule has 3 atom stereocenters. The Bertz CT molecular complexity index is 1000. The number of carbonyl (C=O) groups is 1. The molecule has 1 aliphatic heterocycles. The molecule has 2 N–H and O–H groups in total. The van der Waals surface area contributed by atoms with Crippen LogP contribution in [0.1, 0.15) is 56.6 Å². The molecular weight excluding hydrogens is 426 g/mol. The van der Waals surface area contributed by atoms with Crippen LogP contribution in [0.2, 0.25) is 0 Å². The lowest BCUT2D eigenvalue weighted by Crippen LogP contribution is -2.46. The molecule has 34 heavy (non-hydrogen) atoms. The van der Waals surface area contributed by atoms with Crippen molar-refractivity contribution in [3.8, 4) is 5.75 Å². The fourth-order valence-corrected chi connectivity index (χ4v) is 4.73. The average molecular weight is 464 g/mol. The normalized spacial score (nSPS) is 19.5. The molecule has 0 aromatic heterocycles. The molecule has 1 aliphatic carbocycles. The second kappa shape index (κ2) is 11.0. The Hall–Kier alpha value is -2.86. The number of rotatable bonds is 10. The van der Waals surface area contributed by atoms with Crippen LogP contribution >= 0.6 is 0 Å². The van der Waals surface area contributed by atoms with Gasteiger partial charge in [0.15, 0.2) is 0 Å². The van der Waals surface area contributed by atoms with Gasteiger partial charge in [0.2, 0.25) is 5.91 Å². The maximum atomic E-state index is 13.4. The summed E-state index contributed by atoms with van der Waals surface area (Å²) in [5, 5.41) is 14.0. The van der Waals surface area contributed by atoms with Gasteiger partial charge < -0.3 is 20.1 Å². The van der Waals surface area contributed by atoms with Crippen LogP contribution in [0.3, 0.4) is 0 Å². The number of likely N-dealkylation sites (N-methyl/N-ethyl adjacent to an activating group) is 1. The molecule has 0 radical (unpaired) electrons. The van der Waals surface area contributed by atoms with E-state index in [1.165, 1.54) is 0 Å². The summed E-state index contributed by atoms with van der Waals surface area (Å²) in [5.41, 5.74) is 3.83. The molecule has 3 unspecified atom stereocenters. The number of ether oxygens (including phenoxy) is 1. The number of anilines is 1. The quantitative estimate of drug-likeness (QED) is 0.548. The summed E-state index contributed by atoms with van der Waals surface area (Å²) in [5.74, 6) is 0.852. The second-order valence-electron chi connectivity index (χ2n) is 9.63. The number of aliphatic imine (C=N–C) groups is 1. The Morgan fingerprint density at radius 1 is 1.24 bits per heavy atom. The molecule has 1 fully saturated rings. The van der Waals surface area contributed by atoms with Crippen molar-refractivity contribution < 1.29 is 14.6 Å². The molecule has 0 bridgehead atoms. The fraction of sp³-hybridized carbons (Fsp3) is 0.500. The van der Waals surface area contributed by atoms with Crippen LogP contribution in [0.15, 0.2) is 53.5 Å². The fourth-order valence-electron chi connectivity index (χ4n) is 4.73. The van der Waals surface area contributed by atoms with E-state index in [2.05, 4.69) is 17.1 Å². The molecule has 0 spiro atoms. The van der Waals surface area contributed by atoms with Crippen molar-refractivity contribution in [1.29, 1.82) is 0 Å². The summed E-state index contributed by atoms with van der Waals surface area (Å²) >= 11 is 0. The zero-order chi connectivity index (χ0) is 24.1. The van der Waals surface area contributed by atoms with Gasteiger partial charge in [-0.1, -0.05) is 62.9 Å². The molecule has 6 nitrogen and oxygen atoms in total. The molecule has 1 amide bonds. The van der Waals surface area contributed by atoms with Gasteiger partial charge in [-0.15, -0.1) is 0 Å². The molecule has 6 heteroatoms. The number of fused-ring (bicyclic) bond motifs is 1. The van der Waals surface area contributed by atoms with Crippen molar-refractivity contribution in [3.05, 3.63) is 59.7 Å². The minimum absolute atomic E-state index is 0.0893. The molecule has 2 aromatic rings. The number of methoxy groups -OCH3 is 1. The summed E-state index contributed by atoms with van der Waals surface area (Å²) in [6.45, 7) is 2.65. The topological polar surface area (TPSA) is 74.2 Å². The Kier molecular flexibility index (Phi) is 7.88. The zero-order valence-electron chi connectivity index (χ0n) is 20.5. The van der Waals surface area contributed by atoms with Crippen molar-refractivity contribution in [2.45, 2.75) is 57.7 Å². The molecule has 2 aliphatic rings. The Balaban J connectivity index is 1.64. The predicted octanol–water partition coefficient (Wildman–Crippen LogP) is 4.39. The van der Waals surface area contributed by atoms with Gasteiger partial charge in [0.1, 0.15) is 11.9 Å². The van der Waals surface area contributed by atoms with Crippen LogP contribution in [0.25, 0.3) is 0 Å². The van der Waals surface area contributed by atoms with E-state index in [4.69, 9.17) is 9.73 Å². The molecule has 4 rings (SSSR count). The highest BCUT2D eigenvalue weighted by Gasteiger charge is 2.35. The number of hydrogen-bond donors (Lipinski definition) is 2. The van der Waals surface area contributed by atoms with Gasteiger partial charge in [0, 0.05) is 23.9 Å². The monoisotopic (exact) mass is 463 g/mol. The number of benzene rings is 2. The zero-order valence-corrected chi connectivity index (χ0v) is 20.5. The first-order chi connectivity index (χ1) is 16.5. The third-order valence-electron chi connectivity index (χ3n) is 6.90. The SMILES string of the molecule is CCCCC(O)C(CC1CC1)C(=O)NC1CN(C)c2ccc(OC)cc2C(c2ccccc2)=N1. The van der Waals surface area contributed by atoms with Gasteiger partial charge in [-0.25, -0.2) is 0 Å². The average Bonchev–Trinajstić information content (AvgIpc) is 3.69. The number of nitrogens with one attached hydrogen (secondary N) is 1. The number of unbranched alkanes of at least 4 members (excludes halogenated alkanes) is 1. The van der Waals surface area contributed by atoms with Gasteiger partial charge in [0.05, 0.1) is 31.4 Å². The third-order valence-corrected chi connectivity index (χ3v) is 6.90. The van der Waals surface area contributed by atoms with E-state index in [0.717, 1.165) is 60.4 Å². The van der Waals surface area contributed by atoms with Gasteiger partial charge in [-0.3, -0.25) is 9.79 Å². The van der Waals surface area contributed by atoms with Gasteiger partial charge in [0.25, 0.3) is 0 Å². The third kappa shape index (κ3) is 5.79. The summed E-state index contributed by atoms with van der Waals surface area (Å²) < 4.78 is 5.49. The Morgan fingerprint density at radius 3 is 2.68 bits per heavy atom.